The van der Waals surface area contributed by atoms with E-state index in [1.807, 2.05) is 14.1 Å². The van der Waals surface area contributed by atoms with E-state index >= 15 is 0 Å². The quantitative estimate of drug-likeness (QED) is 0.814. The molecule has 2 aliphatic rings. The Hall–Kier alpha value is -0.570. The first-order valence-corrected chi connectivity index (χ1v) is 7.44. The molecule has 1 N–H and O–H groups in total. The van der Waals surface area contributed by atoms with Crippen molar-refractivity contribution < 1.29 is 4.79 Å². The van der Waals surface area contributed by atoms with Gasteiger partial charge >= 0.3 is 0 Å². The number of hydrogen-bond acceptors (Lipinski definition) is 2. The van der Waals surface area contributed by atoms with Crippen LogP contribution in [0.4, 0.5) is 0 Å². The summed E-state index contributed by atoms with van der Waals surface area (Å²) >= 11 is 0. The summed E-state index contributed by atoms with van der Waals surface area (Å²) in [6, 6.07) is 0.612. The van der Waals surface area contributed by atoms with Gasteiger partial charge in [-0.3, -0.25) is 4.79 Å². The van der Waals surface area contributed by atoms with Crippen LogP contribution in [0.25, 0.3) is 0 Å². The van der Waals surface area contributed by atoms with Crippen LogP contribution in [0.3, 0.4) is 0 Å². The van der Waals surface area contributed by atoms with Crippen molar-refractivity contribution in [3.8, 4) is 0 Å². The smallest absolute Gasteiger partial charge is 0.239 e. The molecule has 1 amide bonds. The average Bonchev–Trinajstić information content (AvgIpc) is 2.88. The van der Waals surface area contributed by atoms with Crippen molar-refractivity contribution in [3.05, 3.63) is 0 Å². The topological polar surface area (TPSA) is 32.3 Å². The first kappa shape index (κ1) is 13.9. The number of carbonyl (C=O) groups is 1. The first-order valence-electron chi connectivity index (χ1n) is 7.44. The van der Waals surface area contributed by atoms with E-state index in [9.17, 15) is 4.79 Å². The van der Waals surface area contributed by atoms with Crippen LogP contribution in [-0.4, -0.2) is 37.0 Å². The number of rotatable bonds is 5. The van der Waals surface area contributed by atoms with E-state index in [0.717, 1.165) is 18.3 Å². The maximum atomic E-state index is 12.2. The standard InChI is InChI=1S/C15H28N2O/c1-10(2)7-14(15(18)17(3)4)16-13-9-11-5-6-12(13)8-11/h10-14,16H,5-9H2,1-4H3. The summed E-state index contributed by atoms with van der Waals surface area (Å²) in [5, 5.41) is 3.67. The molecule has 0 saturated heterocycles. The van der Waals surface area contributed by atoms with Crippen LogP contribution >= 0.6 is 0 Å². The summed E-state index contributed by atoms with van der Waals surface area (Å²) in [6.07, 6.45) is 6.42. The second-order valence-electron chi connectivity index (χ2n) is 6.86. The fourth-order valence-electron chi connectivity index (χ4n) is 3.73. The molecule has 2 aliphatic carbocycles. The van der Waals surface area contributed by atoms with Crippen LogP contribution < -0.4 is 5.32 Å². The second-order valence-corrected chi connectivity index (χ2v) is 6.86. The molecule has 2 rings (SSSR count). The van der Waals surface area contributed by atoms with Crippen molar-refractivity contribution in [2.45, 2.75) is 58.0 Å². The van der Waals surface area contributed by atoms with Gasteiger partial charge in [0.15, 0.2) is 0 Å². The number of carbonyl (C=O) groups excluding carboxylic acids is 1. The minimum absolute atomic E-state index is 0.0179. The van der Waals surface area contributed by atoms with Crippen molar-refractivity contribution >= 4 is 5.91 Å². The van der Waals surface area contributed by atoms with Gasteiger partial charge in [0.25, 0.3) is 0 Å². The van der Waals surface area contributed by atoms with Gasteiger partial charge in [-0.05, 0) is 43.4 Å². The number of hydrogen-bond donors (Lipinski definition) is 1. The van der Waals surface area contributed by atoms with Crippen LogP contribution in [0, 0.1) is 17.8 Å². The van der Waals surface area contributed by atoms with Crippen LogP contribution in [0.1, 0.15) is 46.0 Å². The van der Waals surface area contributed by atoms with Gasteiger partial charge in [-0.15, -0.1) is 0 Å². The van der Waals surface area contributed by atoms with Gasteiger partial charge in [0.2, 0.25) is 5.91 Å². The number of nitrogens with one attached hydrogen (secondary N) is 1. The first-order chi connectivity index (χ1) is 8.47. The highest BCUT2D eigenvalue weighted by molar-refractivity contribution is 5.81. The lowest BCUT2D eigenvalue weighted by atomic mass is 9.93. The van der Waals surface area contributed by atoms with E-state index in [2.05, 4.69) is 19.2 Å². The van der Waals surface area contributed by atoms with Gasteiger partial charge in [0.05, 0.1) is 6.04 Å². The van der Waals surface area contributed by atoms with Crippen molar-refractivity contribution in [2.75, 3.05) is 14.1 Å². The van der Waals surface area contributed by atoms with Gasteiger partial charge in [0, 0.05) is 20.1 Å². The summed E-state index contributed by atoms with van der Waals surface area (Å²) in [5.74, 6) is 2.57. The summed E-state index contributed by atoms with van der Waals surface area (Å²) in [4.78, 5) is 14.0. The molecule has 18 heavy (non-hydrogen) atoms. The highest BCUT2D eigenvalue weighted by atomic mass is 16.2. The normalized spacial score (nSPS) is 31.9. The predicted molar refractivity (Wildman–Crippen MR) is 74.3 cm³/mol. The molecule has 2 saturated carbocycles. The molecule has 4 atom stereocenters. The Balaban J connectivity index is 1.94. The largest absolute Gasteiger partial charge is 0.347 e. The highest BCUT2D eigenvalue weighted by Crippen LogP contribution is 2.44. The zero-order chi connectivity index (χ0) is 13.3. The van der Waals surface area contributed by atoms with Crippen molar-refractivity contribution in [3.63, 3.8) is 0 Å². The Bertz CT molecular complexity index is 301. The summed E-state index contributed by atoms with van der Waals surface area (Å²) in [7, 11) is 3.72. The third kappa shape index (κ3) is 3.05. The minimum Gasteiger partial charge on any atom is -0.347 e. The monoisotopic (exact) mass is 252 g/mol. The van der Waals surface area contributed by atoms with Crippen molar-refractivity contribution in [1.82, 2.24) is 10.2 Å². The Morgan fingerprint density at radius 3 is 2.44 bits per heavy atom. The molecule has 0 aromatic heterocycles. The maximum Gasteiger partial charge on any atom is 0.239 e. The summed E-state index contributed by atoms with van der Waals surface area (Å²) in [6.45, 7) is 4.39. The number of nitrogens with zero attached hydrogens (tertiary/aromatic N) is 1. The van der Waals surface area contributed by atoms with E-state index in [1.54, 1.807) is 4.90 Å². The maximum absolute atomic E-state index is 12.2. The fraction of sp³-hybridized carbons (Fsp3) is 0.933. The molecule has 0 heterocycles. The lowest BCUT2D eigenvalue weighted by Gasteiger charge is -2.30. The molecule has 3 heteroatoms. The molecular weight excluding hydrogens is 224 g/mol. The number of amides is 1. The molecule has 0 aromatic rings. The van der Waals surface area contributed by atoms with E-state index in [4.69, 9.17) is 0 Å². The fourth-order valence-corrected chi connectivity index (χ4v) is 3.73. The Morgan fingerprint density at radius 2 is 2.00 bits per heavy atom. The Labute approximate surface area is 111 Å². The third-order valence-corrected chi connectivity index (χ3v) is 4.60. The second kappa shape index (κ2) is 5.60. The van der Waals surface area contributed by atoms with Crippen LogP contribution in [0.5, 0.6) is 0 Å². The average molecular weight is 252 g/mol. The third-order valence-electron chi connectivity index (χ3n) is 4.60. The van der Waals surface area contributed by atoms with Crippen LogP contribution in [0.15, 0.2) is 0 Å². The molecule has 0 aromatic carbocycles. The van der Waals surface area contributed by atoms with E-state index in [0.29, 0.717) is 12.0 Å². The van der Waals surface area contributed by atoms with Gasteiger partial charge in [-0.1, -0.05) is 20.3 Å². The van der Waals surface area contributed by atoms with Gasteiger partial charge < -0.3 is 10.2 Å². The van der Waals surface area contributed by atoms with Gasteiger partial charge in [-0.2, -0.15) is 0 Å². The van der Waals surface area contributed by atoms with Gasteiger partial charge in [-0.25, -0.2) is 0 Å². The summed E-state index contributed by atoms with van der Waals surface area (Å²) < 4.78 is 0. The molecule has 0 radical (unpaired) electrons. The lowest BCUT2D eigenvalue weighted by Crippen LogP contribution is -2.50. The van der Waals surface area contributed by atoms with Crippen LogP contribution in [-0.2, 0) is 4.79 Å². The SMILES string of the molecule is CC(C)CC(NC1CC2CCC1C2)C(=O)N(C)C. The summed E-state index contributed by atoms with van der Waals surface area (Å²) in [5.41, 5.74) is 0. The molecular formula is C15H28N2O. The Morgan fingerprint density at radius 1 is 1.28 bits per heavy atom. The lowest BCUT2D eigenvalue weighted by molar-refractivity contribution is -0.131. The number of likely N-dealkylation sites (N-methyl/N-ethyl adjacent to an activating group) is 1. The molecule has 4 unspecified atom stereocenters. The molecule has 0 spiro atoms. The minimum atomic E-state index is 0.0179. The van der Waals surface area contributed by atoms with Crippen LogP contribution in [0.2, 0.25) is 0 Å². The molecule has 0 aliphatic heterocycles. The molecule has 3 nitrogen and oxygen atoms in total. The van der Waals surface area contributed by atoms with E-state index in [1.165, 1.54) is 25.7 Å². The Kier molecular flexibility index (Phi) is 4.31. The number of fused-ring (bicyclic) bond motifs is 2. The highest BCUT2D eigenvalue weighted by Gasteiger charge is 2.41. The molecule has 2 bridgehead atoms. The zero-order valence-corrected chi connectivity index (χ0v) is 12.3. The predicted octanol–water partition coefficient (Wildman–Crippen LogP) is 2.27. The molecule has 2 fully saturated rings. The zero-order valence-electron chi connectivity index (χ0n) is 12.3. The van der Waals surface area contributed by atoms with Crippen molar-refractivity contribution in [1.29, 1.82) is 0 Å². The molecule has 104 valence electrons. The van der Waals surface area contributed by atoms with E-state index in [-0.39, 0.29) is 11.9 Å². The van der Waals surface area contributed by atoms with Gasteiger partial charge in [0.1, 0.15) is 0 Å². The van der Waals surface area contributed by atoms with E-state index < -0.39 is 0 Å². The van der Waals surface area contributed by atoms with Crippen molar-refractivity contribution in [2.24, 2.45) is 17.8 Å².